The van der Waals surface area contributed by atoms with Crippen LogP contribution in [0.25, 0.3) is 33.3 Å². The Morgan fingerprint density at radius 1 is 0.600 bits per heavy atom. The molecule has 0 aliphatic heterocycles. The SMILES string of the molecule is C=C[C@H](c1ccccc1)n1c(-c2ccccc2)c(-c2ccccc2)c2ccccc21. The maximum Gasteiger partial charge on any atom is 0.0773 e. The predicted molar refractivity (Wildman–Crippen MR) is 128 cm³/mol. The summed E-state index contributed by atoms with van der Waals surface area (Å²) in [5.41, 5.74) is 7.35. The summed E-state index contributed by atoms with van der Waals surface area (Å²) in [5, 5.41) is 1.25. The number of rotatable bonds is 5. The molecule has 0 spiro atoms. The minimum atomic E-state index is 0.0313. The Morgan fingerprint density at radius 2 is 1.13 bits per heavy atom. The first-order valence-corrected chi connectivity index (χ1v) is 10.3. The van der Waals surface area contributed by atoms with Crippen LogP contribution in [0.2, 0.25) is 0 Å². The topological polar surface area (TPSA) is 4.93 Å². The van der Waals surface area contributed by atoms with E-state index in [9.17, 15) is 0 Å². The fraction of sp³-hybridized carbons (Fsp3) is 0.0345. The molecule has 1 aromatic heterocycles. The van der Waals surface area contributed by atoms with Crippen molar-refractivity contribution in [1.82, 2.24) is 4.57 Å². The number of aromatic nitrogens is 1. The molecule has 0 saturated heterocycles. The average molecular weight is 386 g/mol. The van der Waals surface area contributed by atoms with Gasteiger partial charge >= 0.3 is 0 Å². The molecule has 5 aromatic rings. The molecule has 0 bridgehead atoms. The highest BCUT2D eigenvalue weighted by molar-refractivity contribution is 6.04. The lowest BCUT2D eigenvalue weighted by Gasteiger charge is -2.21. The summed E-state index contributed by atoms with van der Waals surface area (Å²) in [6.45, 7) is 4.22. The summed E-state index contributed by atoms with van der Waals surface area (Å²) >= 11 is 0. The minimum Gasteiger partial charge on any atom is -0.329 e. The molecule has 0 amide bonds. The first-order chi connectivity index (χ1) is 14.9. The monoisotopic (exact) mass is 385 g/mol. The van der Waals surface area contributed by atoms with Gasteiger partial charge in [-0.2, -0.15) is 0 Å². The normalized spacial score (nSPS) is 12.0. The molecule has 0 N–H and O–H groups in total. The Balaban J connectivity index is 1.92. The number of allylic oxidation sites excluding steroid dienone is 1. The van der Waals surface area contributed by atoms with Gasteiger partial charge in [0.25, 0.3) is 0 Å². The molecule has 1 heteroatoms. The summed E-state index contributed by atoms with van der Waals surface area (Å²) in [6, 6.07) is 40.7. The summed E-state index contributed by atoms with van der Waals surface area (Å²) in [7, 11) is 0. The average Bonchev–Trinajstić information content (AvgIpc) is 3.17. The zero-order valence-electron chi connectivity index (χ0n) is 16.8. The lowest BCUT2D eigenvalue weighted by Crippen LogP contribution is -2.09. The van der Waals surface area contributed by atoms with E-state index in [1.165, 1.54) is 38.9 Å². The van der Waals surface area contributed by atoms with Gasteiger partial charge in [0, 0.05) is 16.5 Å². The zero-order chi connectivity index (χ0) is 20.3. The van der Waals surface area contributed by atoms with Crippen LogP contribution in [0.1, 0.15) is 11.6 Å². The van der Waals surface area contributed by atoms with Gasteiger partial charge in [0.05, 0.1) is 11.7 Å². The molecular weight excluding hydrogens is 362 g/mol. The number of fused-ring (bicyclic) bond motifs is 1. The molecule has 0 aliphatic carbocycles. The second-order valence-corrected chi connectivity index (χ2v) is 7.43. The van der Waals surface area contributed by atoms with Crippen LogP contribution in [0.5, 0.6) is 0 Å². The van der Waals surface area contributed by atoms with Crippen LogP contribution in [-0.2, 0) is 0 Å². The van der Waals surface area contributed by atoms with Crippen molar-refractivity contribution in [3.8, 4) is 22.4 Å². The van der Waals surface area contributed by atoms with Crippen molar-refractivity contribution in [2.24, 2.45) is 0 Å². The maximum atomic E-state index is 4.22. The van der Waals surface area contributed by atoms with Gasteiger partial charge in [0.1, 0.15) is 0 Å². The minimum absolute atomic E-state index is 0.0313. The predicted octanol–water partition coefficient (Wildman–Crippen LogP) is 7.75. The van der Waals surface area contributed by atoms with Gasteiger partial charge in [0.15, 0.2) is 0 Å². The number of nitrogens with zero attached hydrogens (tertiary/aromatic N) is 1. The van der Waals surface area contributed by atoms with Gasteiger partial charge in [0.2, 0.25) is 0 Å². The maximum absolute atomic E-state index is 4.22. The Hall–Kier alpha value is -3.84. The van der Waals surface area contributed by atoms with Crippen LogP contribution in [0, 0.1) is 0 Å². The van der Waals surface area contributed by atoms with Crippen LogP contribution >= 0.6 is 0 Å². The Morgan fingerprint density at radius 3 is 1.77 bits per heavy atom. The molecule has 5 rings (SSSR count). The van der Waals surface area contributed by atoms with E-state index in [2.05, 4.69) is 126 Å². The van der Waals surface area contributed by atoms with Crippen molar-refractivity contribution in [1.29, 1.82) is 0 Å². The third-order valence-electron chi connectivity index (χ3n) is 5.66. The second-order valence-electron chi connectivity index (χ2n) is 7.43. The molecule has 1 atom stereocenters. The van der Waals surface area contributed by atoms with E-state index in [1.807, 2.05) is 6.08 Å². The van der Waals surface area contributed by atoms with Crippen molar-refractivity contribution in [2.45, 2.75) is 6.04 Å². The first-order valence-electron chi connectivity index (χ1n) is 10.3. The first kappa shape index (κ1) is 18.2. The van der Waals surface area contributed by atoms with Gasteiger partial charge in [-0.05, 0) is 22.8 Å². The molecule has 4 aromatic carbocycles. The van der Waals surface area contributed by atoms with Gasteiger partial charge in [-0.15, -0.1) is 6.58 Å². The number of benzene rings is 4. The fourth-order valence-electron chi connectivity index (χ4n) is 4.37. The largest absolute Gasteiger partial charge is 0.329 e. The van der Waals surface area contributed by atoms with Gasteiger partial charge in [-0.1, -0.05) is 115 Å². The smallest absolute Gasteiger partial charge is 0.0773 e. The summed E-state index contributed by atoms with van der Waals surface area (Å²) in [4.78, 5) is 0. The van der Waals surface area contributed by atoms with Gasteiger partial charge in [-0.25, -0.2) is 0 Å². The molecule has 144 valence electrons. The quantitative estimate of drug-likeness (QED) is 0.273. The lowest BCUT2D eigenvalue weighted by molar-refractivity contribution is 0.738. The third-order valence-corrected chi connectivity index (χ3v) is 5.66. The van der Waals surface area contributed by atoms with E-state index in [1.54, 1.807) is 0 Å². The van der Waals surface area contributed by atoms with Crippen LogP contribution in [-0.4, -0.2) is 4.57 Å². The molecule has 1 nitrogen and oxygen atoms in total. The summed E-state index contributed by atoms with van der Waals surface area (Å²) in [6.07, 6.45) is 2.04. The van der Waals surface area contributed by atoms with Crippen LogP contribution in [0.3, 0.4) is 0 Å². The van der Waals surface area contributed by atoms with E-state index in [0.29, 0.717) is 0 Å². The number of para-hydroxylation sites is 1. The zero-order valence-corrected chi connectivity index (χ0v) is 16.8. The standard InChI is InChI=1S/C29H23N/c1-2-26(22-14-6-3-7-15-22)30-27-21-13-12-20-25(27)28(23-16-8-4-9-17-23)29(30)24-18-10-5-11-19-24/h2-21,26H,1H2/t26-/m1/s1. The van der Waals surface area contributed by atoms with E-state index in [4.69, 9.17) is 0 Å². The Kier molecular flexibility index (Phi) is 4.78. The number of hydrogen-bond acceptors (Lipinski definition) is 0. The van der Waals surface area contributed by atoms with Gasteiger partial charge in [-0.3, -0.25) is 0 Å². The lowest BCUT2D eigenvalue weighted by atomic mass is 9.98. The fourth-order valence-corrected chi connectivity index (χ4v) is 4.37. The van der Waals surface area contributed by atoms with Crippen molar-refractivity contribution in [3.05, 3.63) is 133 Å². The molecule has 0 saturated carbocycles. The molecule has 0 fully saturated rings. The molecule has 0 radical (unpaired) electrons. The third kappa shape index (κ3) is 3.05. The molecule has 0 aliphatic rings. The molecule has 30 heavy (non-hydrogen) atoms. The van der Waals surface area contributed by atoms with Crippen molar-refractivity contribution >= 4 is 10.9 Å². The van der Waals surface area contributed by atoms with Crippen molar-refractivity contribution in [3.63, 3.8) is 0 Å². The summed E-state index contributed by atoms with van der Waals surface area (Å²) in [5.74, 6) is 0. The molecular formula is C29H23N. The highest BCUT2D eigenvalue weighted by atomic mass is 15.0. The van der Waals surface area contributed by atoms with Crippen molar-refractivity contribution < 1.29 is 0 Å². The number of hydrogen-bond donors (Lipinski definition) is 0. The summed E-state index contributed by atoms with van der Waals surface area (Å²) < 4.78 is 2.44. The molecule has 1 heterocycles. The van der Waals surface area contributed by atoms with E-state index >= 15 is 0 Å². The molecule has 0 unspecified atom stereocenters. The Bertz CT molecular complexity index is 1280. The van der Waals surface area contributed by atoms with E-state index < -0.39 is 0 Å². The van der Waals surface area contributed by atoms with Crippen LogP contribution in [0.4, 0.5) is 0 Å². The Labute approximate surface area is 177 Å². The van der Waals surface area contributed by atoms with E-state index in [0.717, 1.165) is 0 Å². The van der Waals surface area contributed by atoms with E-state index in [-0.39, 0.29) is 6.04 Å². The van der Waals surface area contributed by atoms with Crippen molar-refractivity contribution in [2.75, 3.05) is 0 Å². The van der Waals surface area contributed by atoms with Crippen LogP contribution < -0.4 is 0 Å². The highest BCUT2D eigenvalue weighted by Gasteiger charge is 2.24. The van der Waals surface area contributed by atoms with Gasteiger partial charge < -0.3 is 4.57 Å². The second kappa shape index (κ2) is 7.88. The highest BCUT2D eigenvalue weighted by Crippen LogP contribution is 2.43. The van der Waals surface area contributed by atoms with Crippen LogP contribution in [0.15, 0.2) is 128 Å².